The Hall–Kier alpha value is -1.10. The molecule has 5 heteroatoms. The molecule has 0 aliphatic heterocycles. The monoisotopic (exact) mass is 296 g/mol. The minimum absolute atomic E-state index is 0.0276. The third-order valence-electron chi connectivity index (χ3n) is 4.95. The summed E-state index contributed by atoms with van der Waals surface area (Å²) in [7, 11) is 0. The van der Waals surface area contributed by atoms with E-state index in [2.05, 4.69) is 10.6 Å². The fourth-order valence-corrected chi connectivity index (χ4v) is 3.71. The molecule has 2 aliphatic rings. The van der Waals surface area contributed by atoms with Crippen LogP contribution < -0.4 is 10.6 Å². The summed E-state index contributed by atoms with van der Waals surface area (Å²) in [6.45, 7) is 6.08. The summed E-state index contributed by atoms with van der Waals surface area (Å²) in [4.78, 5) is 23.7. The van der Waals surface area contributed by atoms with Crippen LogP contribution in [0.1, 0.15) is 46.5 Å². The largest absolute Gasteiger partial charge is 0.396 e. The predicted molar refractivity (Wildman–Crippen MR) is 80.4 cm³/mol. The third kappa shape index (κ3) is 3.76. The van der Waals surface area contributed by atoms with E-state index in [0.29, 0.717) is 24.8 Å². The summed E-state index contributed by atoms with van der Waals surface area (Å²) in [6, 6.07) is 0.125. The van der Waals surface area contributed by atoms with Gasteiger partial charge in [-0.1, -0.05) is 20.8 Å². The molecule has 2 saturated carbocycles. The van der Waals surface area contributed by atoms with E-state index in [1.165, 1.54) is 6.42 Å². The summed E-state index contributed by atoms with van der Waals surface area (Å²) >= 11 is 0. The molecule has 5 nitrogen and oxygen atoms in total. The second kappa shape index (κ2) is 6.34. The first-order valence-corrected chi connectivity index (χ1v) is 8.01. The molecule has 0 aromatic rings. The highest BCUT2D eigenvalue weighted by molar-refractivity contribution is 5.82. The van der Waals surface area contributed by atoms with Crippen molar-refractivity contribution in [1.29, 1.82) is 0 Å². The maximum absolute atomic E-state index is 12.0. The number of carbonyl (C=O) groups excluding carboxylic acids is 2. The number of rotatable bonds is 5. The molecule has 2 bridgehead atoms. The lowest BCUT2D eigenvalue weighted by Gasteiger charge is -2.30. The zero-order chi connectivity index (χ0) is 15.6. The number of carbonyl (C=O) groups is 2. The summed E-state index contributed by atoms with van der Waals surface area (Å²) in [5.74, 6) is 1.26. The molecule has 21 heavy (non-hydrogen) atoms. The van der Waals surface area contributed by atoms with Crippen molar-refractivity contribution < 1.29 is 14.7 Å². The fraction of sp³-hybridized carbons (Fsp3) is 0.875. The molecule has 3 N–H and O–H groups in total. The second-order valence-corrected chi connectivity index (χ2v) is 7.53. The Morgan fingerprint density at radius 3 is 2.48 bits per heavy atom. The van der Waals surface area contributed by atoms with Crippen LogP contribution >= 0.6 is 0 Å². The summed E-state index contributed by atoms with van der Waals surface area (Å²) < 4.78 is 0. The van der Waals surface area contributed by atoms with Gasteiger partial charge in [0.05, 0.1) is 0 Å². The van der Waals surface area contributed by atoms with E-state index in [-0.39, 0.29) is 30.4 Å². The average molecular weight is 296 g/mol. The van der Waals surface area contributed by atoms with E-state index < -0.39 is 5.41 Å². The molecule has 2 aliphatic carbocycles. The Labute approximate surface area is 126 Å². The second-order valence-electron chi connectivity index (χ2n) is 7.53. The van der Waals surface area contributed by atoms with Crippen LogP contribution in [0.2, 0.25) is 0 Å². The van der Waals surface area contributed by atoms with Crippen molar-refractivity contribution in [3.8, 4) is 0 Å². The van der Waals surface area contributed by atoms with E-state index in [9.17, 15) is 14.7 Å². The van der Waals surface area contributed by atoms with Gasteiger partial charge >= 0.3 is 0 Å². The van der Waals surface area contributed by atoms with Gasteiger partial charge in [0.15, 0.2) is 0 Å². The fourth-order valence-electron chi connectivity index (χ4n) is 3.71. The first-order valence-electron chi connectivity index (χ1n) is 8.01. The smallest absolute Gasteiger partial charge is 0.225 e. The minimum atomic E-state index is -0.428. The molecule has 2 fully saturated rings. The quantitative estimate of drug-likeness (QED) is 0.710. The number of aliphatic hydroxyl groups is 1. The van der Waals surface area contributed by atoms with E-state index >= 15 is 0 Å². The number of aliphatic hydroxyl groups excluding tert-OH is 1. The van der Waals surface area contributed by atoms with Gasteiger partial charge in [0.1, 0.15) is 0 Å². The van der Waals surface area contributed by atoms with Gasteiger partial charge in [-0.05, 0) is 31.1 Å². The van der Waals surface area contributed by atoms with Crippen LogP contribution in [0.4, 0.5) is 0 Å². The topological polar surface area (TPSA) is 78.4 Å². The maximum atomic E-state index is 12.0. The Kier molecular flexibility index (Phi) is 4.91. The minimum Gasteiger partial charge on any atom is -0.396 e. The highest BCUT2D eigenvalue weighted by Crippen LogP contribution is 2.48. The van der Waals surface area contributed by atoms with Gasteiger partial charge in [-0.2, -0.15) is 0 Å². The van der Waals surface area contributed by atoms with Gasteiger partial charge < -0.3 is 15.7 Å². The Morgan fingerprint density at radius 2 is 1.86 bits per heavy atom. The first-order chi connectivity index (χ1) is 9.82. The summed E-state index contributed by atoms with van der Waals surface area (Å²) in [5, 5.41) is 15.4. The number of amides is 2. The average Bonchev–Trinajstić information content (AvgIpc) is 2.98. The van der Waals surface area contributed by atoms with Gasteiger partial charge in [0.2, 0.25) is 11.8 Å². The van der Waals surface area contributed by atoms with Crippen molar-refractivity contribution in [2.45, 2.75) is 52.5 Å². The lowest BCUT2D eigenvalue weighted by molar-refractivity contribution is -0.128. The van der Waals surface area contributed by atoms with E-state index in [4.69, 9.17) is 0 Å². The molecule has 0 saturated heterocycles. The highest BCUT2D eigenvalue weighted by Gasteiger charge is 2.47. The zero-order valence-corrected chi connectivity index (χ0v) is 13.3. The Balaban J connectivity index is 1.74. The van der Waals surface area contributed by atoms with E-state index in [1.54, 1.807) is 0 Å². The standard InChI is InChI=1S/C16H28N2O3/c1-16(2,3)15(21)17-7-6-13(20)18-14-11-5-4-10(8-11)12(14)9-19/h10-12,14,19H,4-9H2,1-3H3,(H,17,21)(H,18,20). The molecule has 0 heterocycles. The summed E-state index contributed by atoms with van der Waals surface area (Å²) in [6.07, 6.45) is 3.78. The molecule has 0 spiro atoms. The van der Waals surface area contributed by atoms with Crippen LogP contribution in [-0.4, -0.2) is 36.1 Å². The van der Waals surface area contributed by atoms with Gasteiger partial charge in [-0.25, -0.2) is 0 Å². The Bertz CT molecular complexity index is 403. The normalized spacial score (nSPS) is 31.2. The molecule has 4 unspecified atom stereocenters. The SMILES string of the molecule is CC(C)(C)C(=O)NCCC(=O)NC1C2CCC(C2)C1CO. The third-order valence-corrected chi connectivity index (χ3v) is 4.95. The molecule has 120 valence electrons. The number of fused-ring (bicyclic) bond motifs is 2. The van der Waals surface area contributed by atoms with Gasteiger partial charge in [-0.15, -0.1) is 0 Å². The van der Waals surface area contributed by atoms with Crippen LogP contribution in [0.15, 0.2) is 0 Å². The Morgan fingerprint density at radius 1 is 1.19 bits per heavy atom. The lowest BCUT2D eigenvalue weighted by atomic mass is 9.85. The van der Waals surface area contributed by atoms with Crippen molar-refractivity contribution in [1.82, 2.24) is 10.6 Å². The number of nitrogens with one attached hydrogen (secondary N) is 2. The van der Waals surface area contributed by atoms with Crippen LogP contribution in [0, 0.1) is 23.2 Å². The molecular weight excluding hydrogens is 268 g/mol. The van der Waals surface area contributed by atoms with Crippen LogP contribution in [0.25, 0.3) is 0 Å². The van der Waals surface area contributed by atoms with Crippen molar-refractivity contribution in [2.24, 2.45) is 23.2 Å². The molecule has 0 aromatic heterocycles. The number of hydrogen-bond acceptors (Lipinski definition) is 3. The van der Waals surface area contributed by atoms with Crippen molar-refractivity contribution in [3.63, 3.8) is 0 Å². The van der Waals surface area contributed by atoms with Crippen LogP contribution in [0.3, 0.4) is 0 Å². The molecule has 0 aromatic carbocycles. The van der Waals surface area contributed by atoms with E-state index in [0.717, 1.165) is 12.8 Å². The summed E-state index contributed by atoms with van der Waals surface area (Å²) in [5.41, 5.74) is -0.428. The molecule has 4 atom stereocenters. The van der Waals surface area contributed by atoms with Crippen LogP contribution in [0.5, 0.6) is 0 Å². The van der Waals surface area contributed by atoms with Crippen molar-refractivity contribution >= 4 is 11.8 Å². The molecule has 2 rings (SSSR count). The lowest BCUT2D eigenvalue weighted by Crippen LogP contribution is -2.46. The van der Waals surface area contributed by atoms with Gasteiger partial charge in [0, 0.05) is 36.9 Å². The van der Waals surface area contributed by atoms with Gasteiger partial charge in [-0.3, -0.25) is 9.59 Å². The maximum Gasteiger partial charge on any atom is 0.225 e. The van der Waals surface area contributed by atoms with Crippen LogP contribution in [-0.2, 0) is 9.59 Å². The van der Waals surface area contributed by atoms with Crippen molar-refractivity contribution in [3.05, 3.63) is 0 Å². The van der Waals surface area contributed by atoms with E-state index in [1.807, 2.05) is 20.8 Å². The van der Waals surface area contributed by atoms with Crippen molar-refractivity contribution in [2.75, 3.05) is 13.2 Å². The highest BCUT2D eigenvalue weighted by atomic mass is 16.3. The molecule has 0 radical (unpaired) electrons. The molecular formula is C16H28N2O3. The van der Waals surface area contributed by atoms with Gasteiger partial charge in [0.25, 0.3) is 0 Å². The first kappa shape index (κ1) is 16.3. The predicted octanol–water partition coefficient (Wildman–Crippen LogP) is 1.06. The molecule has 2 amide bonds. The number of hydrogen-bond donors (Lipinski definition) is 3. The zero-order valence-electron chi connectivity index (χ0n) is 13.3.